The summed E-state index contributed by atoms with van der Waals surface area (Å²) in [6.07, 6.45) is 1.76. The van der Waals surface area contributed by atoms with Crippen LogP contribution in [0.2, 0.25) is 0 Å². The molecule has 0 bridgehead atoms. The minimum Gasteiger partial charge on any atom is -0.347 e. The molecule has 0 saturated carbocycles. The third-order valence-electron chi connectivity index (χ3n) is 2.95. The molecule has 0 saturated heterocycles. The van der Waals surface area contributed by atoms with Crippen molar-refractivity contribution in [2.75, 3.05) is 0 Å². The summed E-state index contributed by atoms with van der Waals surface area (Å²) in [6, 6.07) is 8.98. The number of hydrogen-bond acceptors (Lipinski definition) is 2. The molecule has 1 aromatic carbocycles. The summed E-state index contributed by atoms with van der Waals surface area (Å²) in [5, 5.41) is 0. The van der Waals surface area contributed by atoms with E-state index >= 15 is 0 Å². The Morgan fingerprint density at radius 1 is 1.00 bits per heavy atom. The second-order valence-electron chi connectivity index (χ2n) is 4.79. The summed E-state index contributed by atoms with van der Waals surface area (Å²) in [4.78, 5) is 23.8. The molecule has 0 aliphatic heterocycles. The van der Waals surface area contributed by atoms with Crippen molar-refractivity contribution in [3.8, 4) is 0 Å². The van der Waals surface area contributed by atoms with Gasteiger partial charge in [0.25, 0.3) is 11.8 Å². The van der Waals surface area contributed by atoms with E-state index in [9.17, 15) is 9.59 Å². The van der Waals surface area contributed by atoms with Crippen molar-refractivity contribution in [2.24, 2.45) is 7.05 Å². The van der Waals surface area contributed by atoms with Crippen molar-refractivity contribution in [3.05, 3.63) is 58.9 Å². The maximum absolute atomic E-state index is 12.0. The van der Waals surface area contributed by atoms with Crippen LogP contribution in [0.4, 0.5) is 0 Å². The summed E-state index contributed by atoms with van der Waals surface area (Å²) < 4.78 is 1.68. The largest absolute Gasteiger partial charge is 0.347 e. The first-order valence-electron chi connectivity index (χ1n) is 6.27. The van der Waals surface area contributed by atoms with Crippen molar-refractivity contribution < 1.29 is 9.59 Å². The summed E-state index contributed by atoms with van der Waals surface area (Å²) >= 11 is 0. The van der Waals surface area contributed by atoms with Crippen LogP contribution in [0.1, 0.15) is 32.0 Å². The number of aryl methyl sites for hydroxylation is 3. The first-order chi connectivity index (χ1) is 9.47. The molecule has 2 amide bonds. The van der Waals surface area contributed by atoms with Crippen LogP contribution in [0.5, 0.6) is 0 Å². The van der Waals surface area contributed by atoms with Gasteiger partial charge in [0.2, 0.25) is 0 Å². The Kier molecular flexibility index (Phi) is 3.89. The van der Waals surface area contributed by atoms with Crippen LogP contribution in [-0.2, 0) is 7.05 Å². The van der Waals surface area contributed by atoms with Gasteiger partial charge < -0.3 is 4.57 Å². The zero-order chi connectivity index (χ0) is 14.7. The number of carbonyl (C=O) groups is 2. The van der Waals surface area contributed by atoms with Crippen LogP contribution in [0, 0.1) is 13.8 Å². The number of amides is 2. The van der Waals surface area contributed by atoms with Crippen LogP contribution in [0.25, 0.3) is 0 Å². The average Bonchev–Trinajstić information content (AvgIpc) is 2.80. The molecule has 5 nitrogen and oxygen atoms in total. The van der Waals surface area contributed by atoms with Crippen molar-refractivity contribution in [1.29, 1.82) is 0 Å². The molecular formula is C15H17N3O2. The van der Waals surface area contributed by atoms with E-state index in [1.807, 2.05) is 19.9 Å². The topological polar surface area (TPSA) is 63.1 Å². The number of hydrogen-bond donors (Lipinski definition) is 2. The maximum atomic E-state index is 12.0. The summed E-state index contributed by atoms with van der Waals surface area (Å²) in [5.74, 6) is -0.686. The van der Waals surface area contributed by atoms with Gasteiger partial charge in [-0.3, -0.25) is 20.4 Å². The fourth-order valence-electron chi connectivity index (χ4n) is 2.05. The minimum absolute atomic E-state index is 0.334. The fourth-order valence-corrected chi connectivity index (χ4v) is 2.05. The van der Waals surface area contributed by atoms with E-state index in [4.69, 9.17) is 0 Å². The summed E-state index contributed by atoms with van der Waals surface area (Å²) in [7, 11) is 1.76. The van der Waals surface area contributed by atoms with E-state index < -0.39 is 0 Å². The highest BCUT2D eigenvalue weighted by molar-refractivity contribution is 5.98. The zero-order valence-electron chi connectivity index (χ0n) is 11.7. The Morgan fingerprint density at radius 3 is 2.15 bits per heavy atom. The van der Waals surface area contributed by atoms with Gasteiger partial charge in [0.1, 0.15) is 5.69 Å². The predicted octanol–water partition coefficient (Wildman–Crippen LogP) is 1.72. The highest BCUT2D eigenvalue weighted by Crippen LogP contribution is 2.08. The van der Waals surface area contributed by atoms with Gasteiger partial charge in [-0.05, 0) is 38.1 Å². The third kappa shape index (κ3) is 3.06. The number of nitrogens with one attached hydrogen (secondary N) is 2. The maximum Gasteiger partial charge on any atom is 0.286 e. The van der Waals surface area contributed by atoms with Gasteiger partial charge in [-0.25, -0.2) is 0 Å². The molecule has 0 radical (unpaired) electrons. The van der Waals surface area contributed by atoms with Crippen LogP contribution >= 0.6 is 0 Å². The highest BCUT2D eigenvalue weighted by atomic mass is 16.2. The average molecular weight is 271 g/mol. The van der Waals surface area contributed by atoms with Gasteiger partial charge in [-0.15, -0.1) is 0 Å². The van der Waals surface area contributed by atoms with Crippen molar-refractivity contribution in [2.45, 2.75) is 13.8 Å². The molecule has 2 rings (SSSR count). The molecule has 0 aliphatic rings. The molecule has 0 fully saturated rings. The Balaban J connectivity index is 2.02. The number of carbonyl (C=O) groups excluding carboxylic acids is 2. The van der Waals surface area contributed by atoms with Crippen LogP contribution < -0.4 is 10.9 Å². The molecule has 1 heterocycles. The predicted molar refractivity (Wildman–Crippen MR) is 76.3 cm³/mol. The van der Waals surface area contributed by atoms with Gasteiger partial charge in [0, 0.05) is 18.8 Å². The summed E-state index contributed by atoms with van der Waals surface area (Å²) in [6.45, 7) is 3.85. The second-order valence-corrected chi connectivity index (χ2v) is 4.79. The molecule has 2 aromatic rings. The van der Waals surface area contributed by atoms with Gasteiger partial charge in [0.05, 0.1) is 0 Å². The first kappa shape index (κ1) is 13.9. The number of benzene rings is 1. The lowest BCUT2D eigenvalue weighted by Crippen LogP contribution is -2.42. The Labute approximate surface area is 117 Å². The van der Waals surface area contributed by atoms with Crippen molar-refractivity contribution >= 4 is 11.8 Å². The summed E-state index contributed by atoms with van der Waals surface area (Å²) in [5.41, 5.74) is 7.83. The molecule has 1 aromatic heterocycles. The fraction of sp³-hybridized carbons (Fsp3) is 0.200. The highest BCUT2D eigenvalue weighted by Gasteiger charge is 2.11. The molecule has 20 heavy (non-hydrogen) atoms. The van der Waals surface area contributed by atoms with E-state index in [1.54, 1.807) is 42.1 Å². The SMILES string of the molecule is Cc1cc(C)cc(C(=O)NNC(=O)c2cccn2C)c1. The van der Waals surface area contributed by atoms with Gasteiger partial charge in [-0.2, -0.15) is 0 Å². The first-order valence-corrected chi connectivity index (χ1v) is 6.27. The molecular weight excluding hydrogens is 254 g/mol. The molecule has 0 unspecified atom stereocenters. The van der Waals surface area contributed by atoms with E-state index in [1.165, 1.54) is 0 Å². The van der Waals surface area contributed by atoms with Crippen molar-refractivity contribution in [3.63, 3.8) is 0 Å². The van der Waals surface area contributed by atoms with E-state index in [-0.39, 0.29) is 11.8 Å². The van der Waals surface area contributed by atoms with Crippen LogP contribution in [-0.4, -0.2) is 16.4 Å². The monoisotopic (exact) mass is 271 g/mol. The van der Waals surface area contributed by atoms with E-state index in [0.29, 0.717) is 11.3 Å². The molecule has 0 aliphatic carbocycles. The molecule has 5 heteroatoms. The Hall–Kier alpha value is -2.56. The number of nitrogens with zero attached hydrogens (tertiary/aromatic N) is 1. The smallest absolute Gasteiger partial charge is 0.286 e. The zero-order valence-corrected chi connectivity index (χ0v) is 11.7. The number of hydrazine groups is 1. The van der Waals surface area contributed by atoms with Gasteiger partial charge >= 0.3 is 0 Å². The van der Waals surface area contributed by atoms with Crippen LogP contribution in [0.3, 0.4) is 0 Å². The lowest BCUT2D eigenvalue weighted by atomic mass is 10.1. The normalized spacial score (nSPS) is 10.2. The quantitative estimate of drug-likeness (QED) is 0.817. The molecule has 0 spiro atoms. The number of aromatic nitrogens is 1. The lowest BCUT2D eigenvalue weighted by molar-refractivity contribution is 0.0842. The number of rotatable bonds is 2. The minimum atomic E-state index is -0.352. The van der Waals surface area contributed by atoms with Gasteiger partial charge in [0.15, 0.2) is 0 Å². The van der Waals surface area contributed by atoms with E-state index in [2.05, 4.69) is 10.9 Å². The molecule has 104 valence electrons. The van der Waals surface area contributed by atoms with Crippen LogP contribution in [0.15, 0.2) is 36.5 Å². The van der Waals surface area contributed by atoms with Crippen molar-refractivity contribution in [1.82, 2.24) is 15.4 Å². The second kappa shape index (κ2) is 5.61. The van der Waals surface area contributed by atoms with Gasteiger partial charge in [-0.1, -0.05) is 17.2 Å². The molecule has 2 N–H and O–H groups in total. The Morgan fingerprint density at radius 2 is 1.60 bits per heavy atom. The lowest BCUT2D eigenvalue weighted by Gasteiger charge is -2.09. The molecule has 0 atom stereocenters. The third-order valence-corrected chi connectivity index (χ3v) is 2.95. The Bertz CT molecular complexity index is 639. The standard InChI is InChI=1S/C15H17N3O2/c1-10-7-11(2)9-12(8-10)14(19)16-17-15(20)13-5-4-6-18(13)3/h4-9H,1-3H3,(H,16,19)(H,17,20). The van der Waals surface area contributed by atoms with E-state index in [0.717, 1.165) is 11.1 Å².